The summed E-state index contributed by atoms with van der Waals surface area (Å²) in [5, 5.41) is 0.573. The number of fused-ring (bicyclic) bond motifs is 1. The van der Waals surface area contributed by atoms with Gasteiger partial charge in [0.1, 0.15) is 5.52 Å². The Morgan fingerprint density at radius 2 is 2.08 bits per heavy atom. The van der Waals surface area contributed by atoms with Crippen molar-refractivity contribution in [2.24, 2.45) is 7.05 Å². The Kier molecular flexibility index (Phi) is 1.66. The summed E-state index contributed by atoms with van der Waals surface area (Å²) in [6.07, 6.45) is 1.54. The van der Waals surface area contributed by atoms with Gasteiger partial charge in [0.2, 0.25) is 10.6 Å². The molecule has 0 saturated carbocycles. The minimum Gasteiger partial charge on any atom is -0.302 e. The van der Waals surface area contributed by atoms with Crippen LogP contribution in [0.2, 0.25) is 10.6 Å². The quantitative estimate of drug-likeness (QED) is 0.483. The summed E-state index contributed by atoms with van der Waals surface area (Å²) >= 11 is 11.3. The van der Waals surface area contributed by atoms with E-state index in [0.717, 1.165) is 0 Å². The van der Waals surface area contributed by atoms with Crippen LogP contribution in [0.3, 0.4) is 0 Å². The Morgan fingerprint density at radius 1 is 1.33 bits per heavy atom. The van der Waals surface area contributed by atoms with Gasteiger partial charge < -0.3 is 4.57 Å². The Hall–Kier alpha value is -0.870. The first-order valence-electron chi connectivity index (χ1n) is 3.19. The molecule has 0 fully saturated rings. The average Bonchev–Trinajstić information content (AvgIpc) is 2.31. The highest BCUT2D eigenvalue weighted by atomic mass is 35.5. The molecule has 0 aliphatic rings. The van der Waals surface area contributed by atoms with Crippen molar-refractivity contribution in [3.8, 4) is 0 Å². The molecule has 0 aromatic carbocycles. The topological polar surface area (TPSA) is 43.6 Å². The van der Waals surface area contributed by atoms with Crippen molar-refractivity contribution in [1.29, 1.82) is 0 Å². The predicted octanol–water partition coefficient (Wildman–Crippen LogP) is 1.67. The van der Waals surface area contributed by atoms with E-state index in [1.807, 2.05) is 0 Å². The van der Waals surface area contributed by atoms with Crippen LogP contribution in [0.1, 0.15) is 0 Å². The van der Waals surface area contributed by atoms with E-state index >= 15 is 0 Å². The van der Waals surface area contributed by atoms with E-state index in [4.69, 9.17) is 23.2 Å². The van der Waals surface area contributed by atoms with Crippen molar-refractivity contribution in [1.82, 2.24) is 19.5 Å². The summed E-state index contributed by atoms with van der Waals surface area (Å²) in [6, 6.07) is 0. The molecule has 2 aromatic rings. The summed E-state index contributed by atoms with van der Waals surface area (Å²) in [7, 11) is 1.76. The molecule has 6 heteroatoms. The van der Waals surface area contributed by atoms with E-state index in [1.54, 1.807) is 11.6 Å². The van der Waals surface area contributed by atoms with Gasteiger partial charge in [0.25, 0.3) is 0 Å². The third-order valence-corrected chi connectivity index (χ3v) is 2.05. The van der Waals surface area contributed by atoms with Crippen molar-refractivity contribution < 1.29 is 0 Å². The molecule has 12 heavy (non-hydrogen) atoms. The molecule has 0 saturated heterocycles. The van der Waals surface area contributed by atoms with Gasteiger partial charge in [-0.3, -0.25) is 0 Å². The van der Waals surface area contributed by atoms with Crippen molar-refractivity contribution in [3.63, 3.8) is 0 Å². The highest BCUT2D eigenvalue weighted by Crippen LogP contribution is 2.16. The first-order valence-corrected chi connectivity index (χ1v) is 3.94. The summed E-state index contributed by atoms with van der Waals surface area (Å²) in [5.41, 5.74) is 1.28. The van der Waals surface area contributed by atoms with Crippen LogP contribution in [-0.2, 0) is 7.05 Å². The highest BCUT2D eigenvalue weighted by Gasteiger charge is 2.06. The number of hydrogen-bond donors (Lipinski definition) is 0. The fraction of sp³-hybridized carbons (Fsp3) is 0.167. The van der Waals surface area contributed by atoms with E-state index in [2.05, 4.69) is 15.0 Å². The van der Waals surface area contributed by atoms with Crippen LogP contribution < -0.4 is 0 Å². The van der Waals surface area contributed by atoms with Crippen LogP contribution in [0.5, 0.6) is 0 Å². The molecule has 4 nitrogen and oxygen atoms in total. The highest BCUT2D eigenvalue weighted by molar-refractivity contribution is 6.29. The largest absolute Gasteiger partial charge is 0.302 e. The molecule has 2 aromatic heterocycles. The van der Waals surface area contributed by atoms with Gasteiger partial charge in [-0.15, -0.1) is 0 Å². The molecular formula is C6H4Cl2N4. The summed E-state index contributed by atoms with van der Waals surface area (Å²) in [5.74, 6) is 0. The fourth-order valence-electron chi connectivity index (χ4n) is 0.933. The number of aromatic nitrogens is 4. The van der Waals surface area contributed by atoms with Gasteiger partial charge in [-0.25, -0.2) is 9.97 Å². The van der Waals surface area contributed by atoms with Gasteiger partial charge in [-0.05, 0) is 23.2 Å². The Labute approximate surface area is 78.2 Å². The van der Waals surface area contributed by atoms with E-state index in [0.29, 0.717) is 16.4 Å². The van der Waals surface area contributed by atoms with Gasteiger partial charge in [0, 0.05) is 7.05 Å². The summed E-state index contributed by atoms with van der Waals surface area (Å²) in [4.78, 5) is 11.7. The molecule has 0 radical (unpaired) electrons. The molecule has 0 aliphatic heterocycles. The van der Waals surface area contributed by atoms with Gasteiger partial charge in [-0.2, -0.15) is 4.98 Å². The molecule has 0 spiro atoms. The molecule has 0 amide bonds. The number of rotatable bonds is 0. The van der Waals surface area contributed by atoms with Crippen LogP contribution in [0.15, 0.2) is 6.20 Å². The molecule has 0 atom stereocenters. The number of halogens is 2. The minimum atomic E-state index is 0.196. The van der Waals surface area contributed by atoms with Crippen LogP contribution in [0.4, 0.5) is 0 Å². The maximum Gasteiger partial charge on any atom is 0.224 e. The summed E-state index contributed by atoms with van der Waals surface area (Å²) in [6.45, 7) is 0. The number of aryl methyl sites for hydroxylation is 1. The Morgan fingerprint density at radius 3 is 2.83 bits per heavy atom. The Balaban J connectivity index is 2.88. The lowest BCUT2D eigenvalue weighted by atomic mass is 10.6. The first-order chi connectivity index (χ1) is 5.68. The predicted molar refractivity (Wildman–Crippen MR) is 46.3 cm³/mol. The SMILES string of the molecule is Cn1c(Cl)nc2cnc(Cl)nc21. The maximum atomic E-state index is 5.75. The molecule has 0 unspecified atom stereocenters. The monoisotopic (exact) mass is 202 g/mol. The number of imidazole rings is 1. The van der Waals surface area contributed by atoms with Crippen molar-refractivity contribution >= 4 is 34.4 Å². The lowest BCUT2D eigenvalue weighted by Crippen LogP contribution is -1.90. The van der Waals surface area contributed by atoms with Crippen molar-refractivity contribution in [3.05, 3.63) is 16.8 Å². The molecule has 2 rings (SSSR count). The second kappa shape index (κ2) is 2.57. The van der Waals surface area contributed by atoms with Gasteiger partial charge in [0.05, 0.1) is 6.20 Å². The molecule has 0 N–H and O–H groups in total. The normalized spacial score (nSPS) is 10.9. The number of nitrogens with zero attached hydrogens (tertiary/aromatic N) is 4. The zero-order valence-corrected chi connectivity index (χ0v) is 7.63. The minimum absolute atomic E-state index is 0.196. The van der Waals surface area contributed by atoms with E-state index in [1.165, 1.54) is 6.20 Å². The van der Waals surface area contributed by atoms with Crippen molar-refractivity contribution in [2.45, 2.75) is 0 Å². The van der Waals surface area contributed by atoms with Gasteiger partial charge in [-0.1, -0.05) is 0 Å². The lowest BCUT2D eigenvalue weighted by molar-refractivity contribution is 0.929. The zero-order valence-electron chi connectivity index (χ0n) is 6.12. The molecule has 62 valence electrons. The summed E-state index contributed by atoms with van der Waals surface area (Å²) < 4.78 is 1.64. The second-order valence-electron chi connectivity index (χ2n) is 2.29. The standard InChI is InChI=1S/C6H4Cl2N4/c1-12-4-3(10-6(12)8)2-9-5(7)11-4/h2H,1H3. The Bertz CT molecular complexity index is 436. The average molecular weight is 203 g/mol. The smallest absolute Gasteiger partial charge is 0.224 e. The van der Waals surface area contributed by atoms with Crippen LogP contribution in [0, 0.1) is 0 Å². The van der Waals surface area contributed by atoms with Crippen LogP contribution in [-0.4, -0.2) is 19.5 Å². The molecule has 2 heterocycles. The third kappa shape index (κ3) is 1.04. The molecule has 0 bridgehead atoms. The van der Waals surface area contributed by atoms with Crippen LogP contribution in [0.25, 0.3) is 11.2 Å². The van der Waals surface area contributed by atoms with Crippen molar-refractivity contribution in [2.75, 3.05) is 0 Å². The molecule has 0 aliphatic carbocycles. The third-order valence-electron chi connectivity index (χ3n) is 1.53. The maximum absolute atomic E-state index is 5.75. The van der Waals surface area contributed by atoms with E-state index < -0.39 is 0 Å². The first kappa shape index (κ1) is 7.76. The second-order valence-corrected chi connectivity index (χ2v) is 2.96. The van der Waals surface area contributed by atoms with Gasteiger partial charge in [0.15, 0.2) is 5.65 Å². The lowest BCUT2D eigenvalue weighted by Gasteiger charge is -1.92. The van der Waals surface area contributed by atoms with E-state index in [-0.39, 0.29) is 5.28 Å². The van der Waals surface area contributed by atoms with Crippen LogP contribution >= 0.6 is 23.2 Å². The molecular weight excluding hydrogens is 199 g/mol. The van der Waals surface area contributed by atoms with E-state index in [9.17, 15) is 0 Å². The fourth-order valence-corrected chi connectivity index (χ4v) is 1.23. The zero-order chi connectivity index (χ0) is 8.72. The van der Waals surface area contributed by atoms with Gasteiger partial charge >= 0.3 is 0 Å². The number of hydrogen-bond acceptors (Lipinski definition) is 3.